The van der Waals surface area contributed by atoms with Crippen molar-refractivity contribution >= 4 is 34.1 Å². The van der Waals surface area contributed by atoms with E-state index >= 15 is 0 Å². The maximum atomic E-state index is 12.7. The van der Waals surface area contributed by atoms with Crippen molar-refractivity contribution in [2.24, 2.45) is 0 Å². The van der Waals surface area contributed by atoms with E-state index in [1.54, 1.807) is 18.2 Å². The number of nitrogens with zero attached hydrogens (tertiary/aromatic N) is 1. The Morgan fingerprint density at radius 3 is 2.71 bits per heavy atom. The van der Waals surface area contributed by atoms with Gasteiger partial charge in [-0.15, -0.1) is 0 Å². The number of rotatable bonds is 3. The molecular formula is C19H17ClN2O2. The molecule has 5 heteroatoms. The van der Waals surface area contributed by atoms with E-state index in [9.17, 15) is 4.79 Å². The predicted octanol–water partition coefficient (Wildman–Crippen LogP) is 4.77. The monoisotopic (exact) mass is 340 g/mol. The van der Waals surface area contributed by atoms with E-state index < -0.39 is 0 Å². The molecule has 1 amide bonds. The summed E-state index contributed by atoms with van der Waals surface area (Å²) in [4.78, 5) is 17.2. The van der Waals surface area contributed by atoms with Crippen molar-refractivity contribution in [2.45, 2.75) is 13.8 Å². The third kappa shape index (κ3) is 3.05. The van der Waals surface area contributed by atoms with Gasteiger partial charge in [0.15, 0.2) is 5.75 Å². The number of aryl methyl sites for hydroxylation is 2. The molecule has 0 unspecified atom stereocenters. The molecule has 24 heavy (non-hydrogen) atoms. The fourth-order valence-electron chi connectivity index (χ4n) is 2.61. The van der Waals surface area contributed by atoms with Gasteiger partial charge in [-0.25, -0.2) is 0 Å². The first kappa shape index (κ1) is 16.3. The number of anilines is 1. The highest BCUT2D eigenvalue weighted by molar-refractivity contribution is 6.32. The first-order valence-corrected chi connectivity index (χ1v) is 7.89. The van der Waals surface area contributed by atoms with Crippen molar-refractivity contribution in [3.05, 3.63) is 64.3 Å². The van der Waals surface area contributed by atoms with Crippen molar-refractivity contribution in [3.63, 3.8) is 0 Å². The molecule has 1 heterocycles. The summed E-state index contributed by atoms with van der Waals surface area (Å²) >= 11 is 6.09. The molecule has 3 rings (SSSR count). The summed E-state index contributed by atoms with van der Waals surface area (Å²) in [5, 5.41) is 4.22. The van der Waals surface area contributed by atoms with Crippen LogP contribution in [0.5, 0.6) is 5.75 Å². The second-order valence-electron chi connectivity index (χ2n) is 5.59. The minimum absolute atomic E-state index is 0.247. The molecule has 0 spiro atoms. The molecule has 0 atom stereocenters. The van der Waals surface area contributed by atoms with Crippen LogP contribution in [0.25, 0.3) is 10.9 Å². The number of nitrogens with one attached hydrogen (secondary N) is 1. The molecule has 0 bridgehead atoms. The highest BCUT2D eigenvalue weighted by Crippen LogP contribution is 2.33. The summed E-state index contributed by atoms with van der Waals surface area (Å²) in [6.07, 6.45) is 0. The quantitative estimate of drug-likeness (QED) is 0.747. The molecule has 1 aromatic heterocycles. The van der Waals surface area contributed by atoms with Crippen LogP contribution in [0.4, 0.5) is 5.69 Å². The Bertz CT molecular complexity index is 938. The second-order valence-corrected chi connectivity index (χ2v) is 6.00. The van der Waals surface area contributed by atoms with E-state index in [0.717, 1.165) is 16.5 Å². The van der Waals surface area contributed by atoms with E-state index in [1.807, 2.05) is 38.1 Å². The Morgan fingerprint density at radius 1 is 1.17 bits per heavy atom. The summed E-state index contributed by atoms with van der Waals surface area (Å²) in [5.41, 5.74) is 3.73. The zero-order valence-electron chi connectivity index (χ0n) is 13.7. The van der Waals surface area contributed by atoms with Crippen LogP contribution in [-0.2, 0) is 0 Å². The van der Waals surface area contributed by atoms with Crippen LogP contribution in [0.15, 0.2) is 42.5 Å². The van der Waals surface area contributed by atoms with Crippen molar-refractivity contribution in [2.75, 3.05) is 12.4 Å². The molecule has 0 fully saturated rings. The maximum absolute atomic E-state index is 12.7. The number of hydrogen-bond donors (Lipinski definition) is 1. The number of fused-ring (bicyclic) bond motifs is 1. The molecule has 2 aromatic carbocycles. The van der Waals surface area contributed by atoms with Gasteiger partial charge in [0.05, 0.1) is 34.6 Å². The van der Waals surface area contributed by atoms with Crippen LogP contribution < -0.4 is 10.1 Å². The van der Waals surface area contributed by atoms with E-state index in [2.05, 4.69) is 10.3 Å². The molecular weight excluding hydrogens is 324 g/mol. The van der Waals surface area contributed by atoms with Gasteiger partial charge in [-0.3, -0.25) is 9.78 Å². The lowest BCUT2D eigenvalue weighted by Gasteiger charge is -2.13. The zero-order chi connectivity index (χ0) is 17.3. The molecule has 0 saturated heterocycles. The SMILES string of the molecule is COc1c(Cl)cccc1NC(=O)c1cc2ccc(C)cc2nc1C. The third-order valence-electron chi connectivity index (χ3n) is 3.83. The minimum Gasteiger partial charge on any atom is -0.493 e. The number of methoxy groups -OCH3 is 1. The molecule has 4 nitrogen and oxygen atoms in total. The highest BCUT2D eigenvalue weighted by Gasteiger charge is 2.15. The maximum Gasteiger partial charge on any atom is 0.257 e. The highest BCUT2D eigenvalue weighted by atomic mass is 35.5. The van der Waals surface area contributed by atoms with Crippen LogP contribution in [0.3, 0.4) is 0 Å². The van der Waals surface area contributed by atoms with Crippen LogP contribution in [0.1, 0.15) is 21.6 Å². The number of carbonyl (C=O) groups excluding carboxylic acids is 1. The van der Waals surface area contributed by atoms with Crippen molar-refractivity contribution < 1.29 is 9.53 Å². The molecule has 0 radical (unpaired) electrons. The Hall–Kier alpha value is -2.59. The molecule has 3 aromatic rings. The van der Waals surface area contributed by atoms with Gasteiger partial charge in [0.2, 0.25) is 0 Å². The van der Waals surface area contributed by atoms with Crippen LogP contribution >= 0.6 is 11.6 Å². The first-order valence-electron chi connectivity index (χ1n) is 7.51. The lowest BCUT2D eigenvalue weighted by atomic mass is 10.1. The summed E-state index contributed by atoms with van der Waals surface area (Å²) in [5.74, 6) is 0.192. The van der Waals surface area contributed by atoms with Crippen LogP contribution in [-0.4, -0.2) is 18.0 Å². The third-order valence-corrected chi connectivity index (χ3v) is 4.13. The normalized spacial score (nSPS) is 10.7. The Kier molecular flexibility index (Phi) is 4.40. The topological polar surface area (TPSA) is 51.2 Å². The van der Waals surface area contributed by atoms with Crippen LogP contribution in [0.2, 0.25) is 5.02 Å². The van der Waals surface area contributed by atoms with E-state index in [0.29, 0.717) is 27.7 Å². The number of pyridine rings is 1. The Morgan fingerprint density at radius 2 is 1.96 bits per heavy atom. The van der Waals surface area contributed by atoms with Gasteiger partial charge in [-0.05, 0) is 43.7 Å². The lowest BCUT2D eigenvalue weighted by Crippen LogP contribution is -2.15. The van der Waals surface area contributed by atoms with Gasteiger partial charge in [0.1, 0.15) is 0 Å². The summed E-state index contributed by atoms with van der Waals surface area (Å²) in [6.45, 7) is 3.84. The van der Waals surface area contributed by atoms with Crippen molar-refractivity contribution in [3.8, 4) is 5.75 Å². The van der Waals surface area contributed by atoms with Gasteiger partial charge in [0, 0.05) is 5.39 Å². The number of ether oxygens (including phenoxy) is 1. The summed E-state index contributed by atoms with van der Waals surface area (Å²) in [6, 6.07) is 13.0. The fraction of sp³-hybridized carbons (Fsp3) is 0.158. The number of para-hydroxylation sites is 1. The van der Waals surface area contributed by atoms with E-state index in [-0.39, 0.29) is 5.91 Å². The number of benzene rings is 2. The Balaban J connectivity index is 1.99. The summed E-state index contributed by atoms with van der Waals surface area (Å²) < 4.78 is 5.26. The van der Waals surface area contributed by atoms with Crippen molar-refractivity contribution in [1.29, 1.82) is 0 Å². The van der Waals surface area contributed by atoms with Gasteiger partial charge in [0.25, 0.3) is 5.91 Å². The zero-order valence-corrected chi connectivity index (χ0v) is 14.4. The van der Waals surface area contributed by atoms with Crippen molar-refractivity contribution in [1.82, 2.24) is 4.98 Å². The number of amides is 1. The smallest absolute Gasteiger partial charge is 0.257 e. The molecule has 122 valence electrons. The van der Waals surface area contributed by atoms with Crippen LogP contribution in [0, 0.1) is 13.8 Å². The predicted molar refractivity (Wildman–Crippen MR) is 97.2 cm³/mol. The molecule has 1 N–H and O–H groups in total. The largest absolute Gasteiger partial charge is 0.493 e. The molecule has 0 aliphatic heterocycles. The second kappa shape index (κ2) is 6.49. The average molecular weight is 341 g/mol. The average Bonchev–Trinajstić information content (AvgIpc) is 2.54. The van der Waals surface area contributed by atoms with Gasteiger partial charge >= 0.3 is 0 Å². The number of hydrogen-bond acceptors (Lipinski definition) is 3. The lowest BCUT2D eigenvalue weighted by molar-refractivity contribution is 0.102. The molecule has 0 saturated carbocycles. The van der Waals surface area contributed by atoms with E-state index in [4.69, 9.17) is 16.3 Å². The summed E-state index contributed by atoms with van der Waals surface area (Å²) in [7, 11) is 1.52. The number of halogens is 1. The molecule has 0 aliphatic rings. The molecule has 0 aliphatic carbocycles. The minimum atomic E-state index is -0.247. The standard InChI is InChI=1S/C19H17ClN2O2/c1-11-7-8-13-10-14(12(2)21-17(13)9-11)19(23)22-16-6-4-5-15(20)18(16)24-3/h4-10H,1-3H3,(H,22,23). The van der Waals surface area contributed by atoms with Gasteiger partial charge in [-0.1, -0.05) is 29.8 Å². The number of carbonyl (C=O) groups is 1. The first-order chi connectivity index (χ1) is 11.5. The van der Waals surface area contributed by atoms with Gasteiger partial charge < -0.3 is 10.1 Å². The number of aromatic nitrogens is 1. The van der Waals surface area contributed by atoms with E-state index in [1.165, 1.54) is 7.11 Å². The van der Waals surface area contributed by atoms with Gasteiger partial charge in [-0.2, -0.15) is 0 Å². The Labute approximate surface area is 145 Å². The fourth-order valence-corrected chi connectivity index (χ4v) is 2.86.